The zero-order valence-corrected chi connectivity index (χ0v) is 13.9. The maximum atomic E-state index is 11.9. The van der Waals surface area contributed by atoms with Crippen molar-refractivity contribution in [1.29, 1.82) is 0 Å². The van der Waals surface area contributed by atoms with Crippen molar-refractivity contribution < 1.29 is 9.32 Å². The van der Waals surface area contributed by atoms with E-state index in [1.165, 1.54) is 0 Å². The normalized spacial score (nSPS) is 14.8. The lowest BCUT2D eigenvalue weighted by Gasteiger charge is -2.17. The second kappa shape index (κ2) is 6.58. The fourth-order valence-corrected chi connectivity index (χ4v) is 2.67. The van der Waals surface area contributed by atoms with E-state index in [0.29, 0.717) is 29.7 Å². The maximum Gasteiger partial charge on any atom is 0.245 e. The van der Waals surface area contributed by atoms with Crippen LogP contribution in [0.2, 0.25) is 5.02 Å². The number of carbonyl (C=O) groups is 1. The molecular weight excluding hydrogens is 316 g/mol. The highest BCUT2D eigenvalue weighted by Gasteiger charge is 2.22. The van der Waals surface area contributed by atoms with Gasteiger partial charge < -0.3 is 14.7 Å². The Kier molecular flexibility index (Phi) is 4.52. The zero-order chi connectivity index (χ0) is 16.4. The lowest BCUT2D eigenvalue weighted by molar-refractivity contribution is -0.117. The molecule has 0 unspecified atom stereocenters. The number of nitrogens with one attached hydrogen (secondary N) is 1. The first-order chi connectivity index (χ1) is 11.0. The van der Waals surface area contributed by atoms with Gasteiger partial charge in [-0.05, 0) is 24.6 Å². The Bertz CT molecular complexity index is 714. The van der Waals surface area contributed by atoms with Gasteiger partial charge in [0.15, 0.2) is 5.82 Å². The second-order valence-electron chi connectivity index (χ2n) is 5.87. The van der Waals surface area contributed by atoms with Crippen LogP contribution in [0.5, 0.6) is 0 Å². The molecule has 2 heterocycles. The Morgan fingerprint density at radius 2 is 2.26 bits per heavy atom. The summed E-state index contributed by atoms with van der Waals surface area (Å²) in [4.78, 5) is 18.0. The van der Waals surface area contributed by atoms with Crippen molar-refractivity contribution in [1.82, 2.24) is 10.1 Å². The van der Waals surface area contributed by atoms with Crippen molar-refractivity contribution in [2.24, 2.45) is 0 Å². The summed E-state index contributed by atoms with van der Waals surface area (Å²) in [5.74, 6) is 1.56. The molecule has 1 saturated heterocycles. The molecule has 1 aliphatic heterocycles. The molecule has 1 fully saturated rings. The van der Waals surface area contributed by atoms with Gasteiger partial charge in [0.2, 0.25) is 11.8 Å². The van der Waals surface area contributed by atoms with E-state index in [0.717, 1.165) is 24.3 Å². The van der Waals surface area contributed by atoms with Gasteiger partial charge in [-0.2, -0.15) is 4.98 Å². The topological polar surface area (TPSA) is 71.3 Å². The van der Waals surface area contributed by atoms with Gasteiger partial charge in [0.1, 0.15) is 0 Å². The molecule has 0 saturated carbocycles. The fraction of sp³-hybridized carbons (Fsp3) is 0.438. The lowest BCUT2D eigenvalue weighted by atomic mass is 10.2. The molecule has 0 bridgehead atoms. The van der Waals surface area contributed by atoms with E-state index in [2.05, 4.69) is 15.5 Å². The Morgan fingerprint density at radius 1 is 1.43 bits per heavy atom. The van der Waals surface area contributed by atoms with Crippen LogP contribution in [0.25, 0.3) is 0 Å². The van der Waals surface area contributed by atoms with Crippen LogP contribution in [-0.2, 0) is 11.3 Å². The number of hydrogen-bond donors (Lipinski definition) is 1. The van der Waals surface area contributed by atoms with Gasteiger partial charge in [0, 0.05) is 24.6 Å². The quantitative estimate of drug-likeness (QED) is 0.904. The summed E-state index contributed by atoms with van der Waals surface area (Å²) in [6, 6.07) is 5.53. The molecule has 3 rings (SSSR count). The Labute approximate surface area is 139 Å². The predicted molar refractivity (Wildman–Crippen MR) is 88.8 cm³/mol. The van der Waals surface area contributed by atoms with Gasteiger partial charge in [-0.15, -0.1) is 0 Å². The van der Waals surface area contributed by atoms with E-state index in [-0.39, 0.29) is 11.8 Å². The van der Waals surface area contributed by atoms with E-state index < -0.39 is 0 Å². The largest absolute Gasteiger partial charge is 0.375 e. The van der Waals surface area contributed by atoms with Crippen LogP contribution < -0.4 is 10.2 Å². The van der Waals surface area contributed by atoms with Crippen LogP contribution in [0.4, 0.5) is 11.4 Å². The number of benzene rings is 1. The molecule has 1 aromatic heterocycles. The highest BCUT2D eigenvalue weighted by Crippen LogP contribution is 2.30. The summed E-state index contributed by atoms with van der Waals surface area (Å²) in [6.07, 6.45) is 1.50. The minimum absolute atomic E-state index is 0.150. The summed E-state index contributed by atoms with van der Waals surface area (Å²) in [7, 11) is 0. The maximum absolute atomic E-state index is 11.9. The first-order valence-corrected chi connectivity index (χ1v) is 8.08. The van der Waals surface area contributed by atoms with Crippen molar-refractivity contribution in [3.63, 3.8) is 0 Å². The highest BCUT2D eigenvalue weighted by molar-refractivity contribution is 6.33. The number of hydrogen-bond acceptors (Lipinski definition) is 5. The first kappa shape index (κ1) is 15.8. The molecule has 1 aromatic carbocycles. The summed E-state index contributed by atoms with van der Waals surface area (Å²) in [6.45, 7) is 5.16. The summed E-state index contributed by atoms with van der Waals surface area (Å²) >= 11 is 6.23. The summed E-state index contributed by atoms with van der Waals surface area (Å²) in [5.41, 5.74) is 1.60. The van der Waals surface area contributed by atoms with E-state index >= 15 is 0 Å². The minimum Gasteiger partial charge on any atom is -0.375 e. The van der Waals surface area contributed by atoms with Crippen molar-refractivity contribution in [3.05, 3.63) is 34.9 Å². The van der Waals surface area contributed by atoms with Crippen LogP contribution in [0.3, 0.4) is 0 Å². The molecule has 0 spiro atoms. The van der Waals surface area contributed by atoms with Gasteiger partial charge in [-0.1, -0.05) is 30.6 Å². The summed E-state index contributed by atoms with van der Waals surface area (Å²) < 4.78 is 5.20. The summed E-state index contributed by atoms with van der Waals surface area (Å²) in [5, 5.41) is 7.71. The molecule has 0 radical (unpaired) electrons. The third kappa shape index (κ3) is 3.47. The molecule has 7 heteroatoms. The Hall–Kier alpha value is -2.08. The molecular formula is C16H19ClN4O2. The van der Waals surface area contributed by atoms with E-state index in [4.69, 9.17) is 16.1 Å². The van der Waals surface area contributed by atoms with Crippen LogP contribution in [0.1, 0.15) is 44.3 Å². The second-order valence-corrected chi connectivity index (χ2v) is 6.27. The van der Waals surface area contributed by atoms with Crippen LogP contribution in [-0.4, -0.2) is 22.6 Å². The highest BCUT2D eigenvalue weighted by atomic mass is 35.5. The third-order valence-corrected chi connectivity index (χ3v) is 4.09. The smallest absolute Gasteiger partial charge is 0.245 e. The van der Waals surface area contributed by atoms with Crippen molar-refractivity contribution >= 4 is 28.9 Å². The molecule has 122 valence electrons. The SMILES string of the molecule is CC(C)c1noc(CNc2cc(N3CCCC3=O)ccc2Cl)n1. The molecule has 1 N–H and O–H groups in total. The van der Waals surface area contributed by atoms with Gasteiger partial charge in [-0.3, -0.25) is 4.79 Å². The fourth-order valence-electron chi connectivity index (χ4n) is 2.48. The molecule has 1 aliphatic rings. The average Bonchev–Trinajstić information content (AvgIpc) is 3.15. The standard InChI is InChI=1S/C16H19ClN4O2/c1-10(2)16-19-14(23-20-16)9-18-13-8-11(5-6-12(13)17)21-7-3-4-15(21)22/h5-6,8,10,18H,3-4,7,9H2,1-2H3. The molecule has 23 heavy (non-hydrogen) atoms. The average molecular weight is 335 g/mol. The predicted octanol–water partition coefficient (Wildman–Crippen LogP) is 3.59. The van der Waals surface area contributed by atoms with Gasteiger partial charge >= 0.3 is 0 Å². The lowest BCUT2D eigenvalue weighted by Crippen LogP contribution is -2.23. The number of amides is 1. The molecule has 2 aromatic rings. The van der Waals surface area contributed by atoms with Crippen molar-refractivity contribution in [2.45, 2.75) is 39.2 Å². The Balaban J connectivity index is 1.72. The van der Waals surface area contributed by atoms with Crippen LogP contribution in [0.15, 0.2) is 22.7 Å². The number of rotatable bonds is 5. The number of nitrogens with zero attached hydrogens (tertiary/aromatic N) is 3. The number of carbonyl (C=O) groups excluding carboxylic acids is 1. The first-order valence-electron chi connectivity index (χ1n) is 7.71. The zero-order valence-electron chi connectivity index (χ0n) is 13.2. The van der Waals surface area contributed by atoms with Crippen molar-refractivity contribution in [2.75, 3.05) is 16.8 Å². The number of anilines is 2. The number of halogens is 1. The van der Waals surface area contributed by atoms with Gasteiger partial charge in [0.25, 0.3) is 0 Å². The van der Waals surface area contributed by atoms with Crippen LogP contribution in [0, 0.1) is 0 Å². The van der Waals surface area contributed by atoms with E-state index in [1.807, 2.05) is 26.0 Å². The monoisotopic (exact) mass is 334 g/mol. The van der Waals surface area contributed by atoms with Gasteiger partial charge in [-0.25, -0.2) is 0 Å². The Morgan fingerprint density at radius 3 is 2.91 bits per heavy atom. The van der Waals surface area contributed by atoms with Gasteiger partial charge in [0.05, 0.1) is 17.3 Å². The van der Waals surface area contributed by atoms with Crippen LogP contribution >= 0.6 is 11.6 Å². The third-order valence-electron chi connectivity index (χ3n) is 3.77. The molecule has 1 amide bonds. The molecule has 0 atom stereocenters. The van der Waals surface area contributed by atoms with E-state index in [1.54, 1.807) is 11.0 Å². The molecule has 0 aliphatic carbocycles. The minimum atomic E-state index is 0.150. The molecule has 6 nitrogen and oxygen atoms in total. The van der Waals surface area contributed by atoms with E-state index in [9.17, 15) is 4.79 Å². The number of aromatic nitrogens is 2. The van der Waals surface area contributed by atoms with Crippen molar-refractivity contribution in [3.8, 4) is 0 Å².